The third-order valence-electron chi connectivity index (χ3n) is 2.39. The molecular weight excluding hydrogens is 180 g/mol. The number of thioether (sulfide) groups is 1. The van der Waals surface area contributed by atoms with Crippen LogP contribution in [0.25, 0.3) is 0 Å². The Morgan fingerprint density at radius 2 is 1.62 bits per heavy atom. The zero-order valence-corrected chi connectivity index (χ0v) is 10.5. The van der Waals surface area contributed by atoms with E-state index in [1.54, 1.807) is 0 Å². The van der Waals surface area contributed by atoms with Gasteiger partial charge in [0.25, 0.3) is 0 Å². The number of hydrogen-bond acceptors (Lipinski definition) is 2. The van der Waals surface area contributed by atoms with Crippen molar-refractivity contribution in [3.63, 3.8) is 0 Å². The second-order valence-corrected chi connectivity index (χ2v) is 5.11. The van der Waals surface area contributed by atoms with Crippen LogP contribution in [0.15, 0.2) is 0 Å². The minimum absolute atomic E-state index is 0.786. The Morgan fingerprint density at radius 1 is 1.08 bits per heavy atom. The van der Waals surface area contributed by atoms with Gasteiger partial charge < -0.3 is 4.74 Å². The molecule has 0 spiro atoms. The molecule has 0 fully saturated rings. The summed E-state index contributed by atoms with van der Waals surface area (Å²) in [5, 5.41) is 0. The van der Waals surface area contributed by atoms with Crippen LogP contribution in [-0.2, 0) is 4.74 Å². The van der Waals surface area contributed by atoms with E-state index in [0.29, 0.717) is 0 Å². The molecule has 0 rings (SSSR count). The van der Waals surface area contributed by atoms with E-state index in [-0.39, 0.29) is 0 Å². The van der Waals surface area contributed by atoms with Crippen LogP contribution in [0.3, 0.4) is 0 Å². The molecule has 0 aliphatic heterocycles. The standard InChI is InChI=1S/C11H24OS/c1-6-12-8-13-7-11(9(2)3)10(4)5/h9-11H,6-8H2,1-5H3. The Kier molecular flexibility index (Phi) is 7.87. The Labute approximate surface area is 87.6 Å². The summed E-state index contributed by atoms with van der Waals surface area (Å²) in [6.07, 6.45) is 0. The maximum absolute atomic E-state index is 5.31. The summed E-state index contributed by atoms with van der Waals surface area (Å²) in [4.78, 5) is 0. The predicted molar refractivity (Wildman–Crippen MR) is 62.1 cm³/mol. The molecule has 0 aromatic rings. The molecule has 0 heterocycles. The third-order valence-corrected chi connectivity index (χ3v) is 3.35. The van der Waals surface area contributed by atoms with Crippen molar-refractivity contribution in [2.75, 3.05) is 18.3 Å². The fraction of sp³-hybridized carbons (Fsp3) is 1.00. The molecule has 2 heteroatoms. The molecule has 0 aliphatic rings. The van der Waals surface area contributed by atoms with Gasteiger partial charge in [0, 0.05) is 6.61 Å². The zero-order valence-electron chi connectivity index (χ0n) is 9.67. The normalized spacial score (nSPS) is 12.0. The second kappa shape index (κ2) is 7.69. The SMILES string of the molecule is CCOCSCC(C(C)C)C(C)C. The van der Waals surface area contributed by atoms with E-state index in [1.807, 2.05) is 18.7 Å². The number of hydrogen-bond donors (Lipinski definition) is 0. The van der Waals surface area contributed by atoms with Gasteiger partial charge >= 0.3 is 0 Å². The first-order chi connectivity index (χ1) is 6.09. The van der Waals surface area contributed by atoms with Crippen LogP contribution in [0, 0.1) is 17.8 Å². The first-order valence-electron chi connectivity index (χ1n) is 5.25. The van der Waals surface area contributed by atoms with Gasteiger partial charge in [-0.2, -0.15) is 0 Å². The third kappa shape index (κ3) is 6.39. The minimum atomic E-state index is 0.786. The first-order valence-corrected chi connectivity index (χ1v) is 6.40. The Balaban J connectivity index is 3.58. The molecule has 0 saturated heterocycles. The van der Waals surface area contributed by atoms with Crippen molar-refractivity contribution in [3.8, 4) is 0 Å². The highest BCUT2D eigenvalue weighted by Gasteiger charge is 2.16. The monoisotopic (exact) mass is 204 g/mol. The molecule has 0 amide bonds. The van der Waals surface area contributed by atoms with Crippen LogP contribution in [0.4, 0.5) is 0 Å². The van der Waals surface area contributed by atoms with Gasteiger partial charge in [0.15, 0.2) is 0 Å². The van der Waals surface area contributed by atoms with Gasteiger partial charge in [-0.15, -0.1) is 11.8 Å². The van der Waals surface area contributed by atoms with E-state index in [2.05, 4.69) is 27.7 Å². The van der Waals surface area contributed by atoms with Crippen molar-refractivity contribution in [3.05, 3.63) is 0 Å². The summed E-state index contributed by atoms with van der Waals surface area (Å²) in [6, 6.07) is 0. The topological polar surface area (TPSA) is 9.23 Å². The zero-order chi connectivity index (χ0) is 10.3. The van der Waals surface area contributed by atoms with Gasteiger partial charge in [0.05, 0.1) is 5.94 Å². The lowest BCUT2D eigenvalue weighted by atomic mass is 9.87. The Hall–Kier alpha value is 0.310. The van der Waals surface area contributed by atoms with Crippen LogP contribution in [0.2, 0.25) is 0 Å². The van der Waals surface area contributed by atoms with Gasteiger partial charge in [-0.25, -0.2) is 0 Å². The number of rotatable bonds is 7. The Bertz CT molecular complexity index is 105. The molecule has 0 saturated carbocycles. The molecule has 0 atom stereocenters. The van der Waals surface area contributed by atoms with Crippen molar-refractivity contribution in [1.29, 1.82) is 0 Å². The highest BCUT2D eigenvalue weighted by molar-refractivity contribution is 7.99. The molecule has 0 unspecified atom stereocenters. The van der Waals surface area contributed by atoms with Crippen LogP contribution in [-0.4, -0.2) is 18.3 Å². The first kappa shape index (κ1) is 13.3. The molecule has 0 aromatic carbocycles. The lowest BCUT2D eigenvalue weighted by Gasteiger charge is -2.24. The van der Waals surface area contributed by atoms with Crippen LogP contribution >= 0.6 is 11.8 Å². The van der Waals surface area contributed by atoms with Crippen molar-refractivity contribution < 1.29 is 4.74 Å². The molecule has 0 aromatic heterocycles. The maximum Gasteiger partial charge on any atom is 0.0920 e. The smallest absolute Gasteiger partial charge is 0.0920 e. The van der Waals surface area contributed by atoms with E-state index < -0.39 is 0 Å². The van der Waals surface area contributed by atoms with Gasteiger partial charge in [-0.05, 0) is 30.4 Å². The lowest BCUT2D eigenvalue weighted by molar-refractivity contribution is 0.198. The molecule has 0 aliphatic carbocycles. The molecule has 80 valence electrons. The minimum Gasteiger partial charge on any atom is -0.371 e. The molecule has 0 radical (unpaired) electrons. The van der Waals surface area contributed by atoms with E-state index in [1.165, 1.54) is 5.75 Å². The van der Waals surface area contributed by atoms with Crippen molar-refractivity contribution in [2.24, 2.45) is 17.8 Å². The predicted octanol–water partition coefficient (Wildman–Crippen LogP) is 3.64. The molecule has 0 N–H and O–H groups in total. The van der Waals surface area contributed by atoms with Crippen molar-refractivity contribution in [2.45, 2.75) is 34.6 Å². The lowest BCUT2D eigenvalue weighted by Crippen LogP contribution is -2.18. The molecule has 0 bridgehead atoms. The van der Waals surface area contributed by atoms with E-state index in [9.17, 15) is 0 Å². The Morgan fingerprint density at radius 3 is 2.00 bits per heavy atom. The molecular formula is C11H24OS. The summed E-state index contributed by atoms with van der Waals surface area (Å²) < 4.78 is 5.31. The van der Waals surface area contributed by atoms with Crippen LogP contribution < -0.4 is 0 Å². The quantitative estimate of drug-likeness (QED) is 0.462. The van der Waals surface area contributed by atoms with Gasteiger partial charge in [0.1, 0.15) is 0 Å². The van der Waals surface area contributed by atoms with E-state index in [0.717, 1.165) is 30.3 Å². The fourth-order valence-electron chi connectivity index (χ4n) is 1.48. The van der Waals surface area contributed by atoms with Gasteiger partial charge in [-0.1, -0.05) is 27.7 Å². The summed E-state index contributed by atoms with van der Waals surface area (Å²) >= 11 is 1.92. The number of ether oxygens (including phenoxy) is 1. The van der Waals surface area contributed by atoms with Gasteiger partial charge in [-0.3, -0.25) is 0 Å². The van der Waals surface area contributed by atoms with E-state index >= 15 is 0 Å². The van der Waals surface area contributed by atoms with Crippen molar-refractivity contribution in [1.82, 2.24) is 0 Å². The van der Waals surface area contributed by atoms with Crippen LogP contribution in [0.1, 0.15) is 34.6 Å². The second-order valence-electron chi connectivity index (χ2n) is 4.13. The average molecular weight is 204 g/mol. The highest BCUT2D eigenvalue weighted by Crippen LogP contribution is 2.24. The van der Waals surface area contributed by atoms with Crippen LogP contribution in [0.5, 0.6) is 0 Å². The highest BCUT2D eigenvalue weighted by atomic mass is 32.2. The van der Waals surface area contributed by atoms with Gasteiger partial charge in [0.2, 0.25) is 0 Å². The molecule has 13 heavy (non-hydrogen) atoms. The fourth-order valence-corrected chi connectivity index (χ4v) is 2.90. The summed E-state index contributed by atoms with van der Waals surface area (Å²) in [7, 11) is 0. The summed E-state index contributed by atoms with van der Waals surface area (Å²) in [5.74, 6) is 4.48. The van der Waals surface area contributed by atoms with E-state index in [4.69, 9.17) is 4.74 Å². The largest absolute Gasteiger partial charge is 0.371 e. The summed E-state index contributed by atoms with van der Waals surface area (Å²) in [5.41, 5.74) is 0. The molecule has 1 nitrogen and oxygen atoms in total. The van der Waals surface area contributed by atoms with Crippen molar-refractivity contribution >= 4 is 11.8 Å². The maximum atomic E-state index is 5.31. The summed E-state index contributed by atoms with van der Waals surface area (Å²) in [6.45, 7) is 12.1. The average Bonchev–Trinajstić information content (AvgIpc) is 2.02.